The molecule has 0 spiro atoms. The molecule has 0 saturated heterocycles. The zero-order valence-electron chi connectivity index (χ0n) is 9.33. The number of carbonyl (C=O) groups is 2. The number of nitrogens with one attached hydrogen (secondary N) is 3. The van der Waals surface area contributed by atoms with Crippen LogP contribution in [0.25, 0.3) is 0 Å². The summed E-state index contributed by atoms with van der Waals surface area (Å²) in [6.45, 7) is 4.41. The Morgan fingerprint density at radius 3 is 2.69 bits per heavy atom. The molecule has 7 heteroatoms. The van der Waals surface area contributed by atoms with Gasteiger partial charge in [-0.25, -0.2) is 4.98 Å². The van der Waals surface area contributed by atoms with E-state index in [9.17, 15) is 9.59 Å². The second-order valence-electron chi connectivity index (χ2n) is 3.20. The topological polar surface area (TPSA) is 99.8 Å². The third-order valence-corrected chi connectivity index (χ3v) is 1.81. The van der Waals surface area contributed by atoms with Crippen LogP contribution in [0.4, 0.5) is 0 Å². The fraction of sp³-hybridized carbons (Fsp3) is 0.556. The van der Waals surface area contributed by atoms with E-state index < -0.39 is 0 Å². The van der Waals surface area contributed by atoms with Gasteiger partial charge in [-0.05, 0) is 13.8 Å². The molecule has 1 aromatic heterocycles. The standard InChI is InChI=1S/C9H15N5O2/c1-3-10-7(15)4-5-11-9(16)8-12-6(2)13-14-8/h3-5H2,1-2H3,(H,10,15)(H,11,16)(H,12,13,14). The molecule has 1 heterocycles. The molecule has 0 bridgehead atoms. The van der Waals surface area contributed by atoms with Gasteiger partial charge in [0.25, 0.3) is 5.91 Å². The summed E-state index contributed by atoms with van der Waals surface area (Å²) in [4.78, 5) is 26.3. The van der Waals surface area contributed by atoms with Crippen LogP contribution in [-0.2, 0) is 4.79 Å². The summed E-state index contributed by atoms with van der Waals surface area (Å²) in [5.41, 5.74) is 0. The molecule has 16 heavy (non-hydrogen) atoms. The van der Waals surface area contributed by atoms with Crippen molar-refractivity contribution >= 4 is 11.8 Å². The smallest absolute Gasteiger partial charge is 0.290 e. The minimum absolute atomic E-state index is 0.0889. The van der Waals surface area contributed by atoms with E-state index in [4.69, 9.17) is 0 Å². The van der Waals surface area contributed by atoms with E-state index in [1.54, 1.807) is 6.92 Å². The van der Waals surface area contributed by atoms with Crippen LogP contribution in [0.2, 0.25) is 0 Å². The monoisotopic (exact) mass is 225 g/mol. The van der Waals surface area contributed by atoms with Gasteiger partial charge in [0.05, 0.1) is 0 Å². The predicted octanol–water partition coefficient (Wildman–Crippen LogP) is -0.631. The lowest BCUT2D eigenvalue weighted by Crippen LogP contribution is -2.31. The number of H-pyrrole nitrogens is 1. The minimum atomic E-state index is -0.381. The first-order valence-electron chi connectivity index (χ1n) is 5.07. The van der Waals surface area contributed by atoms with E-state index in [0.717, 1.165) is 0 Å². The first kappa shape index (κ1) is 12.2. The number of rotatable bonds is 5. The van der Waals surface area contributed by atoms with Gasteiger partial charge < -0.3 is 10.6 Å². The lowest BCUT2D eigenvalue weighted by molar-refractivity contribution is -0.120. The molecule has 0 aliphatic heterocycles. The van der Waals surface area contributed by atoms with Crippen molar-refractivity contribution in [2.45, 2.75) is 20.3 Å². The number of hydrogen-bond acceptors (Lipinski definition) is 4. The fourth-order valence-corrected chi connectivity index (χ4v) is 1.10. The Hall–Kier alpha value is -1.92. The van der Waals surface area contributed by atoms with E-state index in [1.165, 1.54) is 0 Å². The Kier molecular flexibility index (Phi) is 4.43. The third-order valence-electron chi connectivity index (χ3n) is 1.81. The van der Waals surface area contributed by atoms with Crippen molar-refractivity contribution in [1.82, 2.24) is 25.8 Å². The quantitative estimate of drug-likeness (QED) is 0.621. The van der Waals surface area contributed by atoms with Crippen LogP contribution in [0.15, 0.2) is 0 Å². The summed E-state index contributed by atoms with van der Waals surface area (Å²) >= 11 is 0. The number of nitrogens with zero attached hydrogens (tertiary/aromatic N) is 2. The van der Waals surface area contributed by atoms with E-state index in [1.807, 2.05) is 6.92 Å². The van der Waals surface area contributed by atoms with Gasteiger partial charge in [0.2, 0.25) is 11.7 Å². The minimum Gasteiger partial charge on any atom is -0.356 e. The zero-order chi connectivity index (χ0) is 12.0. The molecule has 0 aliphatic carbocycles. The maximum Gasteiger partial charge on any atom is 0.290 e. The highest BCUT2D eigenvalue weighted by molar-refractivity contribution is 5.90. The molecule has 7 nitrogen and oxygen atoms in total. The van der Waals surface area contributed by atoms with Crippen molar-refractivity contribution in [1.29, 1.82) is 0 Å². The van der Waals surface area contributed by atoms with Crippen LogP contribution < -0.4 is 10.6 Å². The fourth-order valence-electron chi connectivity index (χ4n) is 1.10. The normalized spacial score (nSPS) is 9.88. The van der Waals surface area contributed by atoms with Gasteiger partial charge in [-0.2, -0.15) is 0 Å². The van der Waals surface area contributed by atoms with Crippen LogP contribution in [0, 0.1) is 6.92 Å². The molecule has 0 unspecified atom stereocenters. The maximum absolute atomic E-state index is 11.4. The van der Waals surface area contributed by atoms with Gasteiger partial charge in [0.1, 0.15) is 5.82 Å². The van der Waals surface area contributed by atoms with Gasteiger partial charge in [-0.15, -0.1) is 5.10 Å². The summed E-state index contributed by atoms with van der Waals surface area (Å²) in [7, 11) is 0. The third kappa shape index (κ3) is 3.68. The maximum atomic E-state index is 11.4. The predicted molar refractivity (Wildman–Crippen MR) is 56.8 cm³/mol. The lowest BCUT2D eigenvalue weighted by atomic mass is 10.4. The second-order valence-corrected chi connectivity index (χ2v) is 3.20. The van der Waals surface area contributed by atoms with Crippen molar-refractivity contribution in [2.75, 3.05) is 13.1 Å². The number of aromatic amines is 1. The molecular weight excluding hydrogens is 210 g/mol. The van der Waals surface area contributed by atoms with Crippen molar-refractivity contribution in [2.24, 2.45) is 0 Å². The summed E-state index contributed by atoms with van der Waals surface area (Å²) in [5.74, 6) is 0.199. The Bertz CT molecular complexity index is 374. The van der Waals surface area contributed by atoms with E-state index in [0.29, 0.717) is 12.4 Å². The number of carbonyl (C=O) groups excluding carboxylic acids is 2. The second kappa shape index (κ2) is 5.84. The molecule has 0 aromatic carbocycles. The highest BCUT2D eigenvalue weighted by atomic mass is 16.2. The molecule has 0 saturated carbocycles. The highest BCUT2D eigenvalue weighted by Crippen LogP contribution is 1.90. The Morgan fingerprint density at radius 2 is 2.12 bits per heavy atom. The number of hydrogen-bond donors (Lipinski definition) is 3. The number of amides is 2. The zero-order valence-corrected chi connectivity index (χ0v) is 9.33. The Morgan fingerprint density at radius 1 is 1.38 bits per heavy atom. The number of aryl methyl sites for hydroxylation is 1. The van der Waals surface area contributed by atoms with Gasteiger partial charge in [0, 0.05) is 19.5 Å². The summed E-state index contributed by atoms with van der Waals surface area (Å²) < 4.78 is 0. The molecule has 0 atom stereocenters. The van der Waals surface area contributed by atoms with Crippen LogP contribution in [0.5, 0.6) is 0 Å². The van der Waals surface area contributed by atoms with Crippen molar-refractivity contribution in [3.63, 3.8) is 0 Å². The largest absolute Gasteiger partial charge is 0.356 e. The van der Waals surface area contributed by atoms with E-state index in [2.05, 4.69) is 25.8 Å². The van der Waals surface area contributed by atoms with Gasteiger partial charge in [-0.3, -0.25) is 14.7 Å². The Balaban J connectivity index is 2.28. The molecule has 88 valence electrons. The van der Waals surface area contributed by atoms with Crippen molar-refractivity contribution in [3.05, 3.63) is 11.6 Å². The molecule has 1 aromatic rings. The van der Waals surface area contributed by atoms with Gasteiger partial charge in [0.15, 0.2) is 0 Å². The molecule has 0 radical (unpaired) electrons. The number of aromatic nitrogens is 3. The molecule has 0 aliphatic rings. The van der Waals surface area contributed by atoms with Crippen LogP contribution in [-0.4, -0.2) is 40.1 Å². The molecular formula is C9H15N5O2. The first-order valence-corrected chi connectivity index (χ1v) is 5.07. The molecule has 3 N–H and O–H groups in total. The molecule has 0 fully saturated rings. The van der Waals surface area contributed by atoms with Crippen molar-refractivity contribution in [3.8, 4) is 0 Å². The van der Waals surface area contributed by atoms with E-state index >= 15 is 0 Å². The highest BCUT2D eigenvalue weighted by Gasteiger charge is 2.10. The van der Waals surface area contributed by atoms with Gasteiger partial charge in [-0.1, -0.05) is 0 Å². The van der Waals surface area contributed by atoms with Gasteiger partial charge >= 0.3 is 0 Å². The first-order chi connectivity index (χ1) is 7.63. The lowest BCUT2D eigenvalue weighted by Gasteiger charge is -2.02. The SMILES string of the molecule is CCNC(=O)CCNC(=O)c1n[nH]c(C)n1. The Labute approximate surface area is 93.0 Å². The van der Waals surface area contributed by atoms with Crippen LogP contribution in [0.3, 0.4) is 0 Å². The van der Waals surface area contributed by atoms with Crippen LogP contribution in [0.1, 0.15) is 29.8 Å². The molecule has 1 rings (SSSR count). The van der Waals surface area contributed by atoms with E-state index in [-0.39, 0.29) is 30.6 Å². The summed E-state index contributed by atoms with van der Waals surface area (Å²) in [6.07, 6.45) is 0.253. The molecule has 2 amide bonds. The average molecular weight is 225 g/mol. The summed E-state index contributed by atoms with van der Waals surface area (Å²) in [5, 5.41) is 11.5. The average Bonchev–Trinajstić information content (AvgIpc) is 2.65. The summed E-state index contributed by atoms with van der Waals surface area (Å²) in [6, 6.07) is 0. The van der Waals surface area contributed by atoms with Crippen molar-refractivity contribution < 1.29 is 9.59 Å². The van der Waals surface area contributed by atoms with Crippen LogP contribution >= 0.6 is 0 Å².